The molecule has 0 radical (unpaired) electrons. The molecule has 142 valence electrons. The highest BCUT2D eigenvalue weighted by molar-refractivity contribution is 6.32. The highest BCUT2D eigenvalue weighted by Crippen LogP contribution is 2.31. The Balaban J connectivity index is 2.04. The van der Waals surface area contributed by atoms with E-state index < -0.39 is 11.9 Å². The predicted octanol–water partition coefficient (Wildman–Crippen LogP) is 2.23. The number of carbonyl (C=O) groups is 2. The summed E-state index contributed by atoms with van der Waals surface area (Å²) in [7, 11) is 2.48. The lowest BCUT2D eigenvalue weighted by Gasteiger charge is -2.31. The number of ether oxygens (including phenoxy) is 3. The van der Waals surface area contributed by atoms with Gasteiger partial charge in [0.1, 0.15) is 12.4 Å². The number of carbonyl (C=O) groups excluding carboxylic acids is 2. The summed E-state index contributed by atoms with van der Waals surface area (Å²) in [6.07, 6.45) is 1.80. The third-order valence-corrected chi connectivity index (χ3v) is 4.35. The molecule has 0 atom stereocenters. The normalized spacial score (nSPS) is 14.3. The van der Waals surface area contributed by atoms with Gasteiger partial charge >= 0.3 is 11.9 Å². The maximum atomic E-state index is 12.3. The van der Waals surface area contributed by atoms with Crippen LogP contribution in [-0.2, 0) is 23.8 Å². The number of anilines is 1. The van der Waals surface area contributed by atoms with Crippen molar-refractivity contribution in [3.63, 3.8) is 0 Å². The summed E-state index contributed by atoms with van der Waals surface area (Å²) in [5, 5.41) is 4.76. The maximum Gasteiger partial charge on any atom is 0.355 e. The number of halogens is 1. The number of benzene rings is 1. The van der Waals surface area contributed by atoms with Gasteiger partial charge in [-0.15, -0.1) is 0 Å². The van der Waals surface area contributed by atoms with Crippen molar-refractivity contribution in [3.05, 3.63) is 52.4 Å². The molecule has 0 unspecified atom stereocenters. The van der Waals surface area contributed by atoms with Gasteiger partial charge in [0.05, 0.1) is 42.8 Å². The van der Waals surface area contributed by atoms with Crippen LogP contribution < -0.4 is 4.90 Å². The van der Waals surface area contributed by atoms with Gasteiger partial charge in [-0.3, -0.25) is 0 Å². The lowest BCUT2D eigenvalue weighted by molar-refractivity contribution is -0.140. The van der Waals surface area contributed by atoms with Gasteiger partial charge < -0.3 is 19.1 Å². The van der Waals surface area contributed by atoms with E-state index in [1.807, 2.05) is 13.0 Å². The van der Waals surface area contributed by atoms with E-state index in [0.29, 0.717) is 16.4 Å². The van der Waals surface area contributed by atoms with Crippen LogP contribution in [0, 0.1) is 6.92 Å². The molecule has 0 spiro atoms. The minimum atomic E-state index is -0.665. The van der Waals surface area contributed by atoms with Gasteiger partial charge in [0, 0.05) is 11.9 Å². The average molecular weight is 392 g/mol. The Bertz CT molecular complexity index is 921. The third-order valence-electron chi connectivity index (χ3n) is 4.05. The van der Waals surface area contributed by atoms with Crippen molar-refractivity contribution in [2.24, 2.45) is 0 Å². The number of nitrogens with zero attached hydrogens (tertiary/aromatic N) is 3. The number of aromatic nitrogens is 2. The summed E-state index contributed by atoms with van der Waals surface area (Å²) >= 11 is 6.43. The Morgan fingerprint density at radius 1 is 1.19 bits per heavy atom. The fourth-order valence-electron chi connectivity index (χ4n) is 2.75. The highest BCUT2D eigenvalue weighted by atomic mass is 35.5. The van der Waals surface area contributed by atoms with Gasteiger partial charge in [0.2, 0.25) is 0 Å². The second-order valence-corrected chi connectivity index (χ2v) is 6.16. The van der Waals surface area contributed by atoms with Crippen LogP contribution in [-0.4, -0.2) is 49.3 Å². The Hall–Kier alpha value is -2.84. The molecule has 1 aliphatic heterocycles. The maximum absolute atomic E-state index is 12.3. The number of aryl methyl sites for hydroxylation is 1. The number of rotatable bonds is 4. The van der Waals surface area contributed by atoms with Gasteiger partial charge in [-0.25, -0.2) is 14.3 Å². The quantitative estimate of drug-likeness (QED) is 0.739. The van der Waals surface area contributed by atoms with Crippen molar-refractivity contribution in [2.75, 3.05) is 32.5 Å². The van der Waals surface area contributed by atoms with E-state index >= 15 is 0 Å². The fraction of sp³-hybridized carbons (Fsp3) is 0.278. The zero-order valence-electron chi connectivity index (χ0n) is 15.1. The summed E-state index contributed by atoms with van der Waals surface area (Å²) in [5.41, 5.74) is 2.25. The van der Waals surface area contributed by atoms with Crippen LogP contribution in [0.15, 0.2) is 41.7 Å². The molecule has 0 saturated carbocycles. The average Bonchev–Trinajstić information content (AvgIpc) is 3.12. The van der Waals surface area contributed by atoms with Crippen molar-refractivity contribution >= 4 is 29.2 Å². The van der Waals surface area contributed by atoms with Crippen molar-refractivity contribution in [1.82, 2.24) is 9.78 Å². The smallest absolute Gasteiger partial charge is 0.355 e. The lowest BCUT2D eigenvalue weighted by Crippen LogP contribution is -2.38. The van der Waals surface area contributed by atoms with Crippen LogP contribution in [0.25, 0.3) is 5.69 Å². The minimum absolute atomic E-state index is 0.0496. The SMILES string of the molecule is COC(=O)C1=C(C(=O)OC)N(c2ccc(-n3ccc(C)n3)c(Cl)c2)COC1. The van der Waals surface area contributed by atoms with Gasteiger partial charge in [-0.05, 0) is 31.2 Å². The van der Waals surface area contributed by atoms with Gasteiger partial charge in [0.15, 0.2) is 0 Å². The van der Waals surface area contributed by atoms with E-state index in [1.54, 1.807) is 29.1 Å². The molecule has 1 aromatic heterocycles. The largest absolute Gasteiger partial charge is 0.466 e. The van der Waals surface area contributed by atoms with Crippen LogP contribution in [0.5, 0.6) is 0 Å². The predicted molar refractivity (Wildman–Crippen MR) is 97.7 cm³/mol. The molecule has 27 heavy (non-hydrogen) atoms. The molecule has 0 fully saturated rings. The Morgan fingerprint density at radius 3 is 2.52 bits per heavy atom. The van der Waals surface area contributed by atoms with E-state index in [0.717, 1.165) is 5.69 Å². The topological polar surface area (TPSA) is 82.9 Å². The Kier molecular flexibility index (Phi) is 5.48. The monoisotopic (exact) mass is 391 g/mol. The van der Waals surface area contributed by atoms with Crippen LogP contribution in [0.3, 0.4) is 0 Å². The molecule has 0 saturated heterocycles. The molecule has 1 aromatic carbocycles. The Labute approximate surface area is 160 Å². The zero-order chi connectivity index (χ0) is 19.6. The molecule has 0 amide bonds. The first-order valence-electron chi connectivity index (χ1n) is 8.03. The first kappa shape index (κ1) is 18.9. The van der Waals surface area contributed by atoms with Crippen molar-refractivity contribution in [1.29, 1.82) is 0 Å². The number of esters is 2. The van der Waals surface area contributed by atoms with Gasteiger partial charge in [-0.1, -0.05) is 11.6 Å². The van der Waals surface area contributed by atoms with E-state index in [9.17, 15) is 9.59 Å². The second-order valence-electron chi connectivity index (χ2n) is 5.75. The highest BCUT2D eigenvalue weighted by Gasteiger charge is 2.32. The molecule has 0 aliphatic carbocycles. The van der Waals surface area contributed by atoms with Crippen molar-refractivity contribution < 1.29 is 23.8 Å². The lowest BCUT2D eigenvalue weighted by atomic mass is 10.1. The minimum Gasteiger partial charge on any atom is -0.466 e. The fourth-order valence-corrected chi connectivity index (χ4v) is 3.01. The molecule has 2 heterocycles. The molecule has 8 nitrogen and oxygen atoms in total. The second kappa shape index (κ2) is 7.81. The van der Waals surface area contributed by atoms with Crippen LogP contribution in [0.4, 0.5) is 5.69 Å². The zero-order valence-corrected chi connectivity index (χ0v) is 15.8. The standard InChI is InChI=1S/C18H18ClN3O5/c1-11-6-7-22(20-11)15-5-4-12(8-14(15)19)21-10-27-9-13(17(23)25-2)16(21)18(24)26-3/h4-8H,9-10H2,1-3H3. The van der Waals surface area contributed by atoms with E-state index in [1.165, 1.54) is 19.1 Å². The molecule has 1 aliphatic rings. The Morgan fingerprint density at radius 2 is 1.93 bits per heavy atom. The van der Waals surface area contributed by atoms with Crippen LogP contribution in [0.1, 0.15) is 5.69 Å². The van der Waals surface area contributed by atoms with Crippen LogP contribution in [0.2, 0.25) is 5.02 Å². The number of methoxy groups -OCH3 is 2. The van der Waals surface area contributed by atoms with Gasteiger partial charge in [0.25, 0.3) is 0 Å². The summed E-state index contributed by atoms with van der Waals surface area (Å²) in [5.74, 6) is -1.32. The van der Waals surface area contributed by atoms with Crippen LogP contribution >= 0.6 is 11.6 Å². The summed E-state index contributed by atoms with van der Waals surface area (Å²) in [4.78, 5) is 25.9. The molecule has 9 heteroatoms. The molecule has 0 bridgehead atoms. The number of hydrogen-bond acceptors (Lipinski definition) is 7. The summed E-state index contributed by atoms with van der Waals surface area (Å²) in [6, 6.07) is 7.06. The van der Waals surface area contributed by atoms with E-state index in [4.69, 9.17) is 25.8 Å². The van der Waals surface area contributed by atoms with E-state index in [-0.39, 0.29) is 24.6 Å². The molecule has 3 rings (SSSR count). The van der Waals surface area contributed by atoms with Gasteiger partial charge in [-0.2, -0.15) is 5.10 Å². The third kappa shape index (κ3) is 3.67. The molecular weight excluding hydrogens is 374 g/mol. The van der Waals surface area contributed by atoms with Crippen molar-refractivity contribution in [3.8, 4) is 5.69 Å². The molecule has 2 aromatic rings. The first-order valence-corrected chi connectivity index (χ1v) is 8.41. The molecular formula is C18H18ClN3O5. The number of hydrogen-bond donors (Lipinski definition) is 0. The molecule has 0 N–H and O–H groups in total. The summed E-state index contributed by atoms with van der Waals surface area (Å²) in [6.45, 7) is 1.89. The van der Waals surface area contributed by atoms with E-state index in [2.05, 4.69) is 5.10 Å². The van der Waals surface area contributed by atoms with Crippen molar-refractivity contribution in [2.45, 2.75) is 6.92 Å². The first-order chi connectivity index (χ1) is 13.0. The summed E-state index contributed by atoms with van der Waals surface area (Å²) < 4.78 is 16.7.